The van der Waals surface area contributed by atoms with Gasteiger partial charge in [0, 0.05) is 29.2 Å². The van der Waals surface area contributed by atoms with Crippen LogP contribution in [0.25, 0.3) is 11.0 Å². The van der Waals surface area contributed by atoms with Gasteiger partial charge in [-0.15, -0.1) is 0 Å². The van der Waals surface area contributed by atoms with Gasteiger partial charge in [0.2, 0.25) is 0 Å². The van der Waals surface area contributed by atoms with Gasteiger partial charge >= 0.3 is 6.18 Å². The van der Waals surface area contributed by atoms with Crippen LogP contribution in [-0.4, -0.2) is 17.1 Å². The zero-order valence-electron chi connectivity index (χ0n) is 19.4. The Morgan fingerprint density at radius 2 is 1.85 bits per heavy atom. The Balaban J connectivity index is 1.61. The van der Waals surface area contributed by atoms with Crippen molar-refractivity contribution in [1.82, 2.24) is 5.32 Å². The number of phenols is 1. The van der Waals surface area contributed by atoms with Crippen LogP contribution in [0.5, 0.6) is 5.75 Å². The van der Waals surface area contributed by atoms with Gasteiger partial charge in [-0.25, -0.2) is 0 Å². The van der Waals surface area contributed by atoms with E-state index < -0.39 is 17.6 Å². The summed E-state index contributed by atoms with van der Waals surface area (Å²) in [6.07, 6.45) is -1.08. The Hall–Kier alpha value is -3.00. The first kappa shape index (κ1) is 24.1. The molecule has 0 radical (unpaired) electrons. The summed E-state index contributed by atoms with van der Waals surface area (Å²) in [5.74, 6) is 1.11. The number of phenolic OH excluding ortho intramolecular Hbond substituents is 1. The first-order valence-electron chi connectivity index (χ1n) is 11.5. The van der Waals surface area contributed by atoms with Crippen LogP contribution in [0, 0.1) is 18.8 Å². The molecular formula is C26H29F3N2O3. The normalized spacial score (nSPS) is 20.7. The van der Waals surface area contributed by atoms with Crippen LogP contribution in [0.1, 0.15) is 60.4 Å². The van der Waals surface area contributed by atoms with Crippen LogP contribution in [0.2, 0.25) is 0 Å². The van der Waals surface area contributed by atoms with Crippen LogP contribution in [0.4, 0.5) is 18.9 Å². The van der Waals surface area contributed by atoms with Crippen molar-refractivity contribution >= 4 is 22.6 Å². The zero-order valence-corrected chi connectivity index (χ0v) is 19.4. The summed E-state index contributed by atoms with van der Waals surface area (Å²) in [4.78, 5) is 13.2. The molecule has 1 amide bonds. The molecule has 34 heavy (non-hydrogen) atoms. The van der Waals surface area contributed by atoms with E-state index in [2.05, 4.69) is 24.5 Å². The van der Waals surface area contributed by atoms with Gasteiger partial charge in [0.25, 0.3) is 5.91 Å². The molecule has 1 fully saturated rings. The lowest BCUT2D eigenvalue weighted by atomic mass is 10.0. The van der Waals surface area contributed by atoms with Crippen molar-refractivity contribution in [2.75, 3.05) is 5.32 Å². The highest BCUT2D eigenvalue weighted by Gasteiger charge is 2.31. The van der Waals surface area contributed by atoms with E-state index in [1.807, 2.05) is 0 Å². The predicted octanol–water partition coefficient (Wildman–Crippen LogP) is 6.63. The molecule has 1 aliphatic carbocycles. The number of alkyl halides is 3. The van der Waals surface area contributed by atoms with Crippen molar-refractivity contribution < 1.29 is 27.5 Å². The van der Waals surface area contributed by atoms with Gasteiger partial charge < -0.3 is 20.2 Å². The summed E-state index contributed by atoms with van der Waals surface area (Å²) in [6.45, 7) is 6.44. The third-order valence-corrected chi connectivity index (χ3v) is 6.91. The third-order valence-electron chi connectivity index (χ3n) is 6.91. The van der Waals surface area contributed by atoms with E-state index in [9.17, 15) is 23.1 Å². The maximum absolute atomic E-state index is 13.2. The van der Waals surface area contributed by atoms with E-state index in [4.69, 9.17) is 4.42 Å². The highest BCUT2D eigenvalue weighted by atomic mass is 19.4. The Kier molecular flexibility index (Phi) is 6.62. The van der Waals surface area contributed by atoms with Crippen LogP contribution in [0.15, 0.2) is 40.8 Å². The molecule has 1 saturated carbocycles. The van der Waals surface area contributed by atoms with Gasteiger partial charge in [0.1, 0.15) is 17.1 Å². The van der Waals surface area contributed by atoms with Crippen LogP contribution < -0.4 is 10.6 Å². The van der Waals surface area contributed by atoms with Crippen molar-refractivity contribution in [2.24, 2.45) is 11.8 Å². The lowest BCUT2D eigenvalue weighted by molar-refractivity contribution is -0.137. The number of amides is 1. The maximum atomic E-state index is 13.2. The molecule has 5 nitrogen and oxygen atoms in total. The number of nitrogens with one attached hydrogen (secondary N) is 2. The second kappa shape index (κ2) is 9.33. The number of rotatable bonds is 6. The standard InChI is InChI=1S/C26H29F3N2O3/c1-4-16-11-14(2)20(12-16)30-13-19-21(32)9-10-22-24(19)23(15(3)34-22)25(33)31-18-7-5-17(6-8-18)26(27,28)29/h5-10,14,16,20,30,32H,4,11-13H2,1-3H3,(H,31,33). The molecule has 0 spiro atoms. The van der Waals surface area contributed by atoms with Crippen molar-refractivity contribution in [3.8, 4) is 5.75 Å². The van der Waals surface area contributed by atoms with Gasteiger partial charge in [-0.05, 0) is 68.0 Å². The average Bonchev–Trinajstić information content (AvgIpc) is 3.31. The number of benzene rings is 2. The quantitative estimate of drug-likeness (QED) is 0.375. The smallest absolute Gasteiger partial charge is 0.416 e. The van der Waals surface area contributed by atoms with Gasteiger partial charge in [-0.1, -0.05) is 20.3 Å². The minimum atomic E-state index is -4.45. The minimum absolute atomic E-state index is 0.0575. The Labute approximate surface area is 196 Å². The summed E-state index contributed by atoms with van der Waals surface area (Å²) in [5, 5.41) is 17.3. The van der Waals surface area contributed by atoms with Crippen molar-refractivity contribution in [3.05, 3.63) is 58.8 Å². The number of anilines is 1. The summed E-state index contributed by atoms with van der Waals surface area (Å²) < 4.78 is 44.3. The second-order valence-corrected chi connectivity index (χ2v) is 9.21. The number of aryl methyl sites for hydroxylation is 1. The van der Waals surface area contributed by atoms with Crippen molar-refractivity contribution in [2.45, 2.75) is 58.8 Å². The lowest BCUT2D eigenvalue weighted by Crippen LogP contribution is -2.31. The number of carbonyl (C=O) groups excluding carboxylic acids is 1. The largest absolute Gasteiger partial charge is 0.508 e. The first-order valence-corrected chi connectivity index (χ1v) is 11.5. The molecule has 0 saturated heterocycles. The molecule has 182 valence electrons. The third kappa shape index (κ3) is 4.78. The number of hydrogen-bond donors (Lipinski definition) is 3. The predicted molar refractivity (Wildman–Crippen MR) is 125 cm³/mol. The second-order valence-electron chi connectivity index (χ2n) is 9.21. The summed E-state index contributed by atoms with van der Waals surface area (Å²) >= 11 is 0. The van der Waals surface area contributed by atoms with Crippen LogP contribution >= 0.6 is 0 Å². The maximum Gasteiger partial charge on any atom is 0.416 e. The Morgan fingerprint density at radius 3 is 2.47 bits per heavy atom. The van der Waals surface area contributed by atoms with E-state index in [1.54, 1.807) is 19.1 Å². The molecule has 0 bridgehead atoms. The SMILES string of the molecule is CCC1CC(C)C(NCc2c(O)ccc3oc(C)c(C(=O)Nc4ccc(C(F)(F)F)cc4)c23)C1. The minimum Gasteiger partial charge on any atom is -0.508 e. The van der Waals surface area contributed by atoms with Gasteiger partial charge in [-0.3, -0.25) is 4.79 Å². The molecule has 2 aromatic carbocycles. The number of hydrogen-bond acceptors (Lipinski definition) is 4. The summed E-state index contributed by atoms with van der Waals surface area (Å²) in [5.41, 5.74) is 0.736. The molecule has 4 rings (SSSR count). The van der Waals surface area contributed by atoms with E-state index in [-0.39, 0.29) is 17.0 Å². The molecular weight excluding hydrogens is 445 g/mol. The first-order chi connectivity index (χ1) is 16.1. The van der Waals surface area contributed by atoms with Crippen LogP contribution in [-0.2, 0) is 12.7 Å². The van der Waals surface area contributed by atoms with Gasteiger partial charge in [0.15, 0.2) is 0 Å². The Bertz CT molecular complexity index is 1180. The topological polar surface area (TPSA) is 74.5 Å². The van der Waals surface area contributed by atoms with E-state index in [0.717, 1.165) is 31.4 Å². The molecule has 1 aliphatic rings. The van der Waals surface area contributed by atoms with Crippen LogP contribution in [0.3, 0.4) is 0 Å². The fourth-order valence-electron chi connectivity index (χ4n) is 4.98. The molecule has 1 aromatic heterocycles. The molecule has 3 N–H and O–H groups in total. The summed E-state index contributed by atoms with van der Waals surface area (Å²) in [6, 6.07) is 7.74. The fourth-order valence-corrected chi connectivity index (χ4v) is 4.98. The molecule has 3 aromatic rings. The fraction of sp³-hybridized carbons (Fsp3) is 0.423. The molecule has 3 atom stereocenters. The lowest BCUT2D eigenvalue weighted by Gasteiger charge is -2.18. The van der Waals surface area contributed by atoms with E-state index >= 15 is 0 Å². The highest BCUT2D eigenvalue weighted by molar-refractivity contribution is 6.14. The number of halogens is 3. The van der Waals surface area contributed by atoms with Crippen molar-refractivity contribution in [1.29, 1.82) is 0 Å². The summed E-state index contributed by atoms with van der Waals surface area (Å²) in [7, 11) is 0. The number of carbonyl (C=O) groups is 1. The number of aromatic hydroxyl groups is 1. The average molecular weight is 475 g/mol. The molecule has 1 heterocycles. The number of fused-ring (bicyclic) bond motifs is 1. The van der Waals surface area contributed by atoms with E-state index in [1.165, 1.54) is 12.1 Å². The monoisotopic (exact) mass is 474 g/mol. The Morgan fingerprint density at radius 1 is 1.15 bits per heavy atom. The van der Waals surface area contributed by atoms with Gasteiger partial charge in [0.05, 0.1) is 11.1 Å². The molecule has 3 unspecified atom stereocenters. The highest BCUT2D eigenvalue weighted by Crippen LogP contribution is 2.37. The molecule has 0 aliphatic heterocycles. The van der Waals surface area contributed by atoms with Gasteiger partial charge in [-0.2, -0.15) is 13.2 Å². The van der Waals surface area contributed by atoms with Crippen molar-refractivity contribution in [3.63, 3.8) is 0 Å². The zero-order chi connectivity index (χ0) is 24.6. The molecule has 8 heteroatoms. The number of furan rings is 1. The van der Waals surface area contributed by atoms with E-state index in [0.29, 0.717) is 46.7 Å².